The topological polar surface area (TPSA) is 84.9 Å². The van der Waals surface area contributed by atoms with Crippen LogP contribution in [0.1, 0.15) is 25.5 Å². The van der Waals surface area contributed by atoms with Gasteiger partial charge in [0.05, 0.1) is 30.8 Å². The van der Waals surface area contributed by atoms with E-state index in [0.29, 0.717) is 6.61 Å². The molecule has 0 aromatic heterocycles. The monoisotopic (exact) mass is 331 g/mol. The molecule has 0 spiro atoms. The van der Waals surface area contributed by atoms with E-state index in [0.717, 1.165) is 11.3 Å². The van der Waals surface area contributed by atoms with Crippen LogP contribution in [0, 0.1) is 11.8 Å². The van der Waals surface area contributed by atoms with E-state index in [9.17, 15) is 14.7 Å². The number of amides is 1. The number of carbonyl (C=O) groups excluding carboxylic acids is 1. The van der Waals surface area contributed by atoms with Gasteiger partial charge in [0.2, 0.25) is 5.91 Å². The third kappa shape index (κ3) is 3.01. The first-order chi connectivity index (χ1) is 11.5. The summed E-state index contributed by atoms with van der Waals surface area (Å²) >= 11 is 0. The molecule has 1 aromatic rings. The van der Waals surface area contributed by atoms with Gasteiger partial charge in [-0.05, 0) is 31.5 Å². The lowest BCUT2D eigenvalue weighted by atomic mass is 9.82. The van der Waals surface area contributed by atoms with Crippen LogP contribution >= 0.6 is 0 Å². The lowest BCUT2D eigenvalue weighted by Crippen LogP contribution is -2.43. The number of fused-ring (bicyclic) bond motifs is 2. The number of carbonyl (C=O) groups is 2. The molecule has 0 radical (unpaired) electrons. The molecule has 128 valence electrons. The smallest absolute Gasteiger partial charge is 0.310 e. The minimum atomic E-state index is -0.999. The minimum absolute atomic E-state index is 0.231. The van der Waals surface area contributed by atoms with Gasteiger partial charge in [-0.3, -0.25) is 9.59 Å². The van der Waals surface area contributed by atoms with Crippen LogP contribution in [0.5, 0.6) is 5.75 Å². The summed E-state index contributed by atoms with van der Waals surface area (Å²) in [6, 6.07) is 7.25. The highest BCUT2D eigenvalue weighted by molar-refractivity contribution is 5.87. The second-order valence-corrected chi connectivity index (χ2v) is 6.07. The summed E-state index contributed by atoms with van der Waals surface area (Å²) in [5.41, 5.74) is 0.929. The second kappa shape index (κ2) is 6.65. The summed E-state index contributed by atoms with van der Waals surface area (Å²) in [4.78, 5) is 24.0. The highest BCUT2D eigenvalue weighted by Crippen LogP contribution is 2.39. The van der Waals surface area contributed by atoms with Gasteiger partial charge in [-0.25, -0.2) is 0 Å². The number of rotatable bonds is 6. The van der Waals surface area contributed by atoms with Crippen molar-refractivity contribution in [2.45, 2.75) is 32.1 Å². The number of aliphatic carboxylic acids is 1. The van der Waals surface area contributed by atoms with Crippen LogP contribution in [-0.2, 0) is 14.3 Å². The van der Waals surface area contributed by atoms with Gasteiger partial charge < -0.3 is 19.9 Å². The fourth-order valence-electron chi connectivity index (χ4n) is 3.33. The average Bonchev–Trinajstić information content (AvgIpc) is 3.16. The first-order valence-corrected chi connectivity index (χ1v) is 8.11. The van der Waals surface area contributed by atoms with Crippen molar-refractivity contribution in [1.82, 2.24) is 5.32 Å². The van der Waals surface area contributed by atoms with Gasteiger partial charge in [-0.15, -0.1) is 0 Å². The van der Waals surface area contributed by atoms with Gasteiger partial charge >= 0.3 is 5.97 Å². The molecule has 5 atom stereocenters. The molecule has 0 aliphatic carbocycles. The molecule has 1 aromatic carbocycles. The van der Waals surface area contributed by atoms with Crippen molar-refractivity contribution in [2.75, 3.05) is 6.61 Å². The molecule has 1 fully saturated rings. The zero-order valence-electron chi connectivity index (χ0n) is 13.6. The van der Waals surface area contributed by atoms with Crippen molar-refractivity contribution in [3.8, 4) is 5.75 Å². The molecule has 1 amide bonds. The Balaban J connectivity index is 1.67. The van der Waals surface area contributed by atoms with Crippen LogP contribution < -0.4 is 10.1 Å². The van der Waals surface area contributed by atoms with Gasteiger partial charge in [-0.2, -0.15) is 0 Å². The van der Waals surface area contributed by atoms with Gasteiger partial charge in [-0.1, -0.05) is 24.3 Å². The van der Waals surface area contributed by atoms with E-state index in [-0.39, 0.29) is 11.9 Å². The maximum Gasteiger partial charge on any atom is 0.310 e. The van der Waals surface area contributed by atoms with Crippen LogP contribution in [-0.4, -0.2) is 35.8 Å². The first-order valence-electron chi connectivity index (χ1n) is 8.11. The maximum absolute atomic E-state index is 12.6. The highest BCUT2D eigenvalue weighted by atomic mass is 16.5. The Morgan fingerprint density at radius 1 is 1.21 bits per heavy atom. The molecule has 6 heteroatoms. The fourth-order valence-corrected chi connectivity index (χ4v) is 3.33. The van der Waals surface area contributed by atoms with Crippen LogP contribution in [0.3, 0.4) is 0 Å². The normalized spacial score (nSPS) is 28.6. The Bertz CT molecular complexity index is 654. The molecule has 24 heavy (non-hydrogen) atoms. The number of hydrogen-bond acceptors (Lipinski definition) is 4. The third-order valence-corrected chi connectivity index (χ3v) is 4.54. The molecule has 0 unspecified atom stereocenters. The van der Waals surface area contributed by atoms with Crippen LogP contribution in [0.2, 0.25) is 0 Å². The Kier molecular flexibility index (Phi) is 4.57. The van der Waals surface area contributed by atoms with Crippen LogP contribution in [0.15, 0.2) is 36.4 Å². The quantitative estimate of drug-likeness (QED) is 0.778. The summed E-state index contributed by atoms with van der Waals surface area (Å²) < 4.78 is 10.9. The van der Waals surface area contributed by atoms with E-state index in [1.54, 1.807) is 12.2 Å². The van der Waals surface area contributed by atoms with E-state index in [1.807, 2.05) is 38.1 Å². The summed E-state index contributed by atoms with van der Waals surface area (Å²) in [6.07, 6.45) is 2.53. The Morgan fingerprint density at radius 3 is 2.42 bits per heavy atom. The average molecular weight is 331 g/mol. The van der Waals surface area contributed by atoms with Gasteiger partial charge in [0.1, 0.15) is 11.7 Å². The third-order valence-electron chi connectivity index (χ3n) is 4.54. The molecule has 1 saturated heterocycles. The number of carboxylic acids is 1. The molecule has 6 nitrogen and oxygen atoms in total. The minimum Gasteiger partial charge on any atom is -0.494 e. The highest BCUT2D eigenvalue weighted by Gasteiger charge is 2.53. The van der Waals surface area contributed by atoms with Crippen LogP contribution in [0.4, 0.5) is 0 Å². The van der Waals surface area contributed by atoms with Crippen LogP contribution in [0.25, 0.3) is 0 Å². The number of carboxylic acid groups (broad SMARTS) is 1. The molecule has 2 heterocycles. The van der Waals surface area contributed by atoms with Gasteiger partial charge in [0.15, 0.2) is 0 Å². The maximum atomic E-state index is 12.6. The summed E-state index contributed by atoms with van der Waals surface area (Å²) in [5.74, 6) is -2.03. The molecule has 3 rings (SSSR count). The zero-order chi connectivity index (χ0) is 17.3. The van der Waals surface area contributed by atoms with Crippen molar-refractivity contribution >= 4 is 11.9 Å². The Labute approximate surface area is 140 Å². The predicted molar refractivity (Wildman–Crippen MR) is 86.6 cm³/mol. The fraction of sp³-hybridized carbons (Fsp3) is 0.444. The molecule has 2 aliphatic rings. The Hall–Kier alpha value is -2.34. The SMILES string of the molecule is CCOc1ccc([C@@H](C)NC(=O)[C@H]2[C@@H](C(=O)O)[C@H]3C=C[C@@H]2O3)cc1. The number of benzene rings is 1. The summed E-state index contributed by atoms with van der Waals surface area (Å²) in [5, 5.41) is 12.3. The van der Waals surface area contributed by atoms with E-state index in [1.165, 1.54) is 0 Å². The number of nitrogens with one attached hydrogen (secondary N) is 1. The van der Waals surface area contributed by atoms with Gasteiger partial charge in [0.25, 0.3) is 0 Å². The number of hydrogen-bond donors (Lipinski definition) is 2. The van der Waals surface area contributed by atoms with Crippen molar-refractivity contribution in [3.05, 3.63) is 42.0 Å². The standard InChI is InChI=1S/C18H21NO5/c1-3-23-12-6-4-11(5-7-12)10(2)19-17(20)15-13-8-9-14(24-13)16(15)18(21)22/h4-10,13-16H,3H2,1-2H3,(H,19,20)(H,21,22)/t10-,13+,14-,15-,16+/m1/s1. The van der Waals surface area contributed by atoms with Crippen molar-refractivity contribution in [3.63, 3.8) is 0 Å². The summed E-state index contributed by atoms with van der Waals surface area (Å²) in [6.45, 7) is 4.38. The second-order valence-electron chi connectivity index (χ2n) is 6.07. The molecular formula is C18H21NO5. The van der Waals surface area contributed by atoms with Crippen molar-refractivity contribution in [1.29, 1.82) is 0 Å². The molecule has 2 N–H and O–H groups in total. The summed E-state index contributed by atoms with van der Waals surface area (Å²) in [7, 11) is 0. The van der Waals surface area contributed by atoms with E-state index >= 15 is 0 Å². The molecule has 2 bridgehead atoms. The lowest BCUT2D eigenvalue weighted by Gasteiger charge is -2.23. The number of ether oxygens (including phenoxy) is 2. The zero-order valence-corrected chi connectivity index (χ0v) is 13.6. The predicted octanol–water partition coefficient (Wildman–Crippen LogP) is 1.92. The van der Waals surface area contributed by atoms with E-state index < -0.39 is 30.0 Å². The van der Waals surface area contributed by atoms with Crippen molar-refractivity contribution in [2.24, 2.45) is 11.8 Å². The lowest BCUT2D eigenvalue weighted by molar-refractivity contribution is -0.146. The van der Waals surface area contributed by atoms with Gasteiger partial charge in [0, 0.05) is 0 Å². The Morgan fingerprint density at radius 2 is 1.83 bits per heavy atom. The van der Waals surface area contributed by atoms with Crippen molar-refractivity contribution < 1.29 is 24.2 Å². The first kappa shape index (κ1) is 16.5. The molecular weight excluding hydrogens is 310 g/mol. The van der Waals surface area contributed by atoms with E-state index in [4.69, 9.17) is 9.47 Å². The van der Waals surface area contributed by atoms with E-state index in [2.05, 4.69) is 5.32 Å². The largest absolute Gasteiger partial charge is 0.494 e. The molecule has 0 saturated carbocycles. The molecule has 2 aliphatic heterocycles.